The average molecular weight is 259 g/mol. The Kier molecular flexibility index (Phi) is 5.03. The second-order valence-electron chi connectivity index (χ2n) is 3.55. The zero-order chi connectivity index (χ0) is 13.7. The number of benzene rings is 1. The maximum atomic E-state index is 12.8. The molecule has 0 aliphatic heterocycles. The number of alkyl halides is 2. The van der Waals surface area contributed by atoms with Gasteiger partial charge in [0.05, 0.1) is 31.9 Å². The summed E-state index contributed by atoms with van der Waals surface area (Å²) in [5.41, 5.74) is -0.208. The maximum absolute atomic E-state index is 12.8. The smallest absolute Gasteiger partial charge is 0.267 e. The quantitative estimate of drug-likeness (QED) is 0.794. The number of nitrogens with one attached hydrogen (secondary N) is 1. The predicted octanol–water partition coefficient (Wildman–Crippen LogP) is 2.04. The second kappa shape index (κ2) is 6.30. The van der Waals surface area contributed by atoms with Gasteiger partial charge < -0.3 is 14.8 Å². The van der Waals surface area contributed by atoms with Crippen LogP contribution in [-0.4, -0.2) is 33.6 Å². The van der Waals surface area contributed by atoms with Crippen LogP contribution in [0.25, 0.3) is 0 Å². The molecule has 0 saturated heterocycles. The van der Waals surface area contributed by atoms with E-state index in [2.05, 4.69) is 5.32 Å². The van der Waals surface area contributed by atoms with Crippen LogP contribution >= 0.6 is 0 Å². The minimum atomic E-state index is -2.72. The van der Waals surface area contributed by atoms with Crippen molar-refractivity contribution in [2.45, 2.75) is 6.43 Å². The number of carbonyl (C=O) groups excluding carboxylic acids is 1. The van der Waals surface area contributed by atoms with Gasteiger partial charge in [-0.3, -0.25) is 4.79 Å². The molecule has 0 amide bonds. The lowest BCUT2D eigenvalue weighted by Crippen LogP contribution is -2.19. The second-order valence-corrected chi connectivity index (χ2v) is 3.55. The Balaban J connectivity index is 3.31. The van der Waals surface area contributed by atoms with E-state index in [4.69, 9.17) is 9.47 Å². The van der Waals surface area contributed by atoms with Crippen LogP contribution < -0.4 is 14.8 Å². The summed E-state index contributed by atoms with van der Waals surface area (Å²) in [6, 6.07) is 2.41. The largest absolute Gasteiger partial charge is 0.496 e. The molecule has 6 heteroatoms. The summed E-state index contributed by atoms with van der Waals surface area (Å²) in [6.07, 6.45) is -2.72. The fraction of sp³-hybridized carbons (Fsp3) is 0.417. The number of hydrogen-bond donors (Lipinski definition) is 1. The molecule has 0 saturated carbocycles. The topological polar surface area (TPSA) is 47.6 Å². The third kappa shape index (κ3) is 2.95. The first-order chi connectivity index (χ1) is 8.54. The van der Waals surface area contributed by atoms with Crippen molar-refractivity contribution in [3.63, 3.8) is 0 Å². The Morgan fingerprint density at radius 3 is 2.33 bits per heavy atom. The van der Waals surface area contributed by atoms with Crippen molar-refractivity contribution in [2.24, 2.45) is 0 Å². The van der Waals surface area contributed by atoms with Gasteiger partial charge in [-0.25, -0.2) is 8.78 Å². The number of ether oxygens (including phenoxy) is 2. The van der Waals surface area contributed by atoms with Crippen molar-refractivity contribution in [1.29, 1.82) is 0 Å². The molecular formula is C12H15F2NO3. The first-order valence-electron chi connectivity index (χ1n) is 5.27. The van der Waals surface area contributed by atoms with Crippen LogP contribution in [0, 0.1) is 0 Å². The molecular weight excluding hydrogens is 244 g/mol. The van der Waals surface area contributed by atoms with Gasteiger partial charge in [0, 0.05) is 6.07 Å². The van der Waals surface area contributed by atoms with E-state index in [0.717, 1.165) is 6.07 Å². The number of carbonyl (C=O) groups is 1. The highest BCUT2D eigenvalue weighted by Gasteiger charge is 2.21. The Morgan fingerprint density at radius 1 is 1.28 bits per heavy atom. The van der Waals surface area contributed by atoms with Crippen LogP contribution in [-0.2, 0) is 0 Å². The molecule has 0 atom stereocenters. The summed E-state index contributed by atoms with van der Waals surface area (Å²) in [6.45, 7) is 0.0470. The van der Waals surface area contributed by atoms with Gasteiger partial charge in [0.2, 0.25) is 0 Å². The van der Waals surface area contributed by atoms with Gasteiger partial charge in [-0.1, -0.05) is 0 Å². The zero-order valence-electron chi connectivity index (χ0n) is 10.4. The molecule has 1 aromatic carbocycles. The van der Waals surface area contributed by atoms with E-state index in [0.29, 0.717) is 0 Å². The Labute approximate surface area is 104 Å². The monoisotopic (exact) mass is 259 g/mol. The lowest BCUT2D eigenvalue weighted by atomic mass is 10.0. The predicted molar refractivity (Wildman–Crippen MR) is 62.8 cm³/mol. The maximum Gasteiger partial charge on any atom is 0.267 e. The van der Waals surface area contributed by atoms with Crippen LogP contribution in [0.2, 0.25) is 0 Å². The van der Waals surface area contributed by atoms with Crippen molar-refractivity contribution in [3.05, 3.63) is 23.3 Å². The Bertz CT molecular complexity index is 436. The molecule has 1 N–H and O–H groups in total. The third-order valence-corrected chi connectivity index (χ3v) is 2.42. The number of ketones is 1. The van der Waals surface area contributed by atoms with Crippen molar-refractivity contribution >= 4 is 5.78 Å². The minimum Gasteiger partial charge on any atom is -0.496 e. The lowest BCUT2D eigenvalue weighted by molar-refractivity contribution is 0.0990. The van der Waals surface area contributed by atoms with Gasteiger partial charge in [-0.05, 0) is 13.1 Å². The first-order valence-corrected chi connectivity index (χ1v) is 5.27. The number of halogens is 2. The minimum absolute atomic E-state index is 0.00265. The fourth-order valence-corrected chi connectivity index (χ4v) is 1.57. The van der Waals surface area contributed by atoms with Gasteiger partial charge in [-0.2, -0.15) is 0 Å². The van der Waals surface area contributed by atoms with Gasteiger partial charge in [-0.15, -0.1) is 0 Å². The normalized spacial score (nSPS) is 10.6. The molecule has 0 bridgehead atoms. The van der Waals surface area contributed by atoms with Crippen molar-refractivity contribution in [1.82, 2.24) is 5.32 Å². The lowest BCUT2D eigenvalue weighted by Gasteiger charge is -2.13. The van der Waals surface area contributed by atoms with E-state index in [1.165, 1.54) is 20.3 Å². The van der Waals surface area contributed by atoms with Crippen molar-refractivity contribution in [2.75, 3.05) is 27.8 Å². The molecule has 0 aliphatic carbocycles. The molecule has 0 fully saturated rings. The molecule has 0 aromatic heterocycles. The zero-order valence-corrected chi connectivity index (χ0v) is 10.4. The Hall–Kier alpha value is -1.69. The van der Waals surface area contributed by atoms with E-state index in [1.54, 1.807) is 7.05 Å². The van der Waals surface area contributed by atoms with Gasteiger partial charge in [0.25, 0.3) is 6.43 Å². The fourth-order valence-electron chi connectivity index (χ4n) is 1.57. The number of hydrogen-bond acceptors (Lipinski definition) is 4. The Morgan fingerprint density at radius 2 is 1.89 bits per heavy atom. The highest BCUT2D eigenvalue weighted by Crippen LogP contribution is 2.35. The summed E-state index contributed by atoms with van der Waals surface area (Å²) in [4.78, 5) is 11.8. The summed E-state index contributed by atoms with van der Waals surface area (Å²) >= 11 is 0. The molecule has 1 rings (SSSR count). The average Bonchev–Trinajstić information content (AvgIpc) is 2.37. The number of methoxy groups -OCH3 is 2. The van der Waals surface area contributed by atoms with Crippen molar-refractivity contribution < 1.29 is 23.0 Å². The van der Waals surface area contributed by atoms with Gasteiger partial charge in [0.1, 0.15) is 11.5 Å². The number of likely N-dealkylation sites (N-methyl/N-ethyl adjacent to an activating group) is 1. The highest BCUT2D eigenvalue weighted by atomic mass is 19.3. The van der Waals surface area contributed by atoms with Gasteiger partial charge in [0.15, 0.2) is 5.78 Å². The summed E-state index contributed by atoms with van der Waals surface area (Å²) in [5, 5.41) is 2.67. The van der Waals surface area contributed by atoms with Crippen LogP contribution in [0.4, 0.5) is 8.78 Å². The van der Waals surface area contributed by atoms with E-state index in [9.17, 15) is 13.6 Å². The van der Waals surface area contributed by atoms with Crippen LogP contribution in [0.5, 0.6) is 11.5 Å². The van der Waals surface area contributed by atoms with Crippen LogP contribution in [0.15, 0.2) is 12.1 Å². The third-order valence-electron chi connectivity index (χ3n) is 2.42. The summed E-state index contributed by atoms with van der Waals surface area (Å²) in [7, 11) is 4.25. The van der Waals surface area contributed by atoms with E-state index in [1.807, 2.05) is 0 Å². The standard InChI is InChI=1S/C12H15F2NO3/c1-15-6-9(16)7-4-8(12(13)14)11(18-3)5-10(7)17-2/h4-5,12,15H,6H2,1-3H3. The molecule has 0 spiro atoms. The molecule has 0 unspecified atom stereocenters. The van der Waals surface area contributed by atoms with E-state index >= 15 is 0 Å². The molecule has 4 nitrogen and oxygen atoms in total. The van der Waals surface area contributed by atoms with Crippen LogP contribution in [0.1, 0.15) is 22.3 Å². The summed E-state index contributed by atoms with van der Waals surface area (Å²) in [5.74, 6) is -0.0988. The highest BCUT2D eigenvalue weighted by molar-refractivity contribution is 6.00. The van der Waals surface area contributed by atoms with Gasteiger partial charge >= 0.3 is 0 Å². The van der Waals surface area contributed by atoms with E-state index < -0.39 is 6.43 Å². The molecule has 1 aromatic rings. The summed E-state index contributed by atoms with van der Waals surface area (Å²) < 4.78 is 35.5. The molecule has 18 heavy (non-hydrogen) atoms. The molecule has 0 heterocycles. The first kappa shape index (κ1) is 14.4. The number of rotatable bonds is 6. The molecule has 0 radical (unpaired) electrons. The molecule has 0 aliphatic rings. The number of Topliss-reactive ketones (excluding diaryl/α,β-unsaturated/α-hetero) is 1. The van der Waals surface area contributed by atoms with E-state index in [-0.39, 0.29) is 35.0 Å². The van der Waals surface area contributed by atoms with Crippen LogP contribution in [0.3, 0.4) is 0 Å². The SMILES string of the molecule is CNCC(=O)c1cc(C(F)F)c(OC)cc1OC. The van der Waals surface area contributed by atoms with Crippen molar-refractivity contribution in [3.8, 4) is 11.5 Å². The molecule has 100 valence electrons.